The Hall–Kier alpha value is -0.610. The number of carbonyl (C=O) groups is 1. The van der Waals surface area contributed by atoms with Crippen LogP contribution in [0.3, 0.4) is 0 Å². The summed E-state index contributed by atoms with van der Waals surface area (Å²) in [4.78, 5) is 17.2. The molecule has 0 aromatic rings. The molecule has 0 aromatic heterocycles. The number of nitrogens with zero attached hydrogens (tertiary/aromatic N) is 2. The second kappa shape index (κ2) is 5.57. The summed E-state index contributed by atoms with van der Waals surface area (Å²) in [5.74, 6) is 0.349. The third kappa shape index (κ3) is 2.54. The van der Waals surface area contributed by atoms with E-state index in [0.717, 1.165) is 51.9 Å². The summed E-state index contributed by atoms with van der Waals surface area (Å²) in [5, 5.41) is 3.49. The van der Waals surface area contributed by atoms with Crippen LogP contribution in [0.25, 0.3) is 0 Å². The predicted molar refractivity (Wildman–Crippen MR) is 73.5 cm³/mol. The number of amides is 1. The zero-order valence-corrected chi connectivity index (χ0v) is 12.0. The number of nitrogens with one attached hydrogen (secondary N) is 1. The van der Waals surface area contributed by atoms with E-state index in [1.54, 1.807) is 0 Å². The van der Waals surface area contributed by atoms with Crippen LogP contribution in [-0.2, 0) is 4.79 Å². The van der Waals surface area contributed by atoms with Gasteiger partial charge in [0.15, 0.2) is 0 Å². The highest BCUT2D eigenvalue weighted by Gasteiger charge is 2.43. The largest absolute Gasteiger partial charge is 0.338 e. The van der Waals surface area contributed by atoms with Crippen LogP contribution in [-0.4, -0.2) is 60.5 Å². The molecule has 2 rings (SSSR count). The summed E-state index contributed by atoms with van der Waals surface area (Å²) < 4.78 is 0. The monoisotopic (exact) mass is 253 g/mol. The quantitative estimate of drug-likeness (QED) is 0.817. The average Bonchev–Trinajstić information content (AvgIpc) is 2.82. The molecule has 0 bridgehead atoms. The third-order valence-electron chi connectivity index (χ3n) is 4.58. The molecule has 2 heterocycles. The minimum absolute atomic E-state index is 0.246. The first-order valence-corrected chi connectivity index (χ1v) is 7.34. The van der Waals surface area contributed by atoms with Gasteiger partial charge in [-0.25, -0.2) is 0 Å². The molecule has 0 spiro atoms. The van der Waals surface area contributed by atoms with Gasteiger partial charge in [-0.1, -0.05) is 13.3 Å². The van der Waals surface area contributed by atoms with E-state index < -0.39 is 0 Å². The fourth-order valence-corrected chi connectivity index (χ4v) is 3.27. The normalized spacial score (nSPS) is 33.9. The van der Waals surface area contributed by atoms with Crippen LogP contribution in [0.5, 0.6) is 0 Å². The Kier molecular flexibility index (Phi) is 4.28. The van der Waals surface area contributed by atoms with Gasteiger partial charge in [-0.3, -0.25) is 4.79 Å². The summed E-state index contributed by atoms with van der Waals surface area (Å²) in [6.45, 7) is 8.12. The van der Waals surface area contributed by atoms with Crippen molar-refractivity contribution in [2.24, 2.45) is 0 Å². The molecule has 2 saturated heterocycles. The third-order valence-corrected chi connectivity index (χ3v) is 4.58. The van der Waals surface area contributed by atoms with Crippen molar-refractivity contribution in [2.75, 3.05) is 33.2 Å². The number of piperazine rings is 1. The molecule has 104 valence electrons. The zero-order valence-electron chi connectivity index (χ0n) is 12.0. The molecule has 1 amide bonds. The van der Waals surface area contributed by atoms with E-state index in [1.807, 2.05) is 0 Å². The first-order chi connectivity index (χ1) is 8.59. The Labute approximate surface area is 111 Å². The Bertz CT molecular complexity index is 299. The molecule has 2 fully saturated rings. The van der Waals surface area contributed by atoms with Crippen LogP contribution >= 0.6 is 0 Å². The van der Waals surface area contributed by atoms with Crippen LogP contribution in [0, 0.1) is 0 Å². The topological polar surface area (TPSA) is 35.6 Å². The molecule has 2 atom stereocenters. The SMILES string of the molecule is CCCC1(C(=O)N2CCN(C)C(C)C2)CCCN1. The van der Waals surface area contributed by atoms with Gasteiger partial charge >= 0.3 is 0 Å². The molecular formula is C14H27N3O. The second-order valence-corrected chi connectivity index (χ2v) is 5.94. The van der Waals surface area contributed by atoms with Gasteiger partial charge in [0.2, 0.25) is 5.91 Å². The molecule has 2 aliphatic rings. The molecule has 0 aliphatic carbocycles. The van der Waals surface area contributed by atoms with Crippen molar-refractivity contribution in [3.05, 3.63) is 0 Å². The maximum Gasteiger partial charge on any atom is 0.242 e. The van der Waals surface area contributed by atoms with Crippen molar-refractivity contribution in [3.63, 3.8) is 0 Å². The number of hydrogen-bond donors (Lipinski definition) is 1. The molecule has 0 saturated carbocycles. The Morgan fingerprint density at radius 1 is 1.44 bits per heavy atom. The van der Waals surface area contributed by atoms with E-state index >= 15 is 0 Å². The maximum atomic E-state index is 12.8. The molecule has 4 heteroatoms. The van der Waals surface area contributed by atoms with Crippen LogP contribution in [0.2, 0.25) is 0 Å². The smallest absolute Gasteiger partial charge is 0.242 e. The first kappa shape index (κ1) is 13.8. The summed E-state index contributed by atoms with van der Waals surface area (Å²) >= 11 is 0. The fraction of sp³-hybridized carbons (Fsp3) is 0.929. The Balaban J connectivity index is 2.05. The van der Waals surface area contributed by atoms with Gasteiger partial charge in [-0.05, 0) is 39.8 Å². The van der Waals surface area contributed by atoms with Gasteiger partial charge in [0, 0.05) is 25.7 Å². The lowest BCUT2D eigenvalue weighted by Gasteiger charge is -2.42. The van der Waals surface area contributed by atoms with E-state index in [0.29, 0.717) is 11.9 Å². The van der Waals surface area contributed by atoms with Gasteiger partial charge in [-0.15, -0.1) is 0 Å². The van der Waals surface area contributed by atoms with E-state index in [9.17, 15) is 4.79 Å². The standard InChI is InChI=1S/C14H27N3O/c1-4-6-14(7-5-8-15-14)13(18)17-10-9-16(3)12(2)11-17/h12,15H,4-11H2,1-3H3. The van der Waals surface area contributed by atoms with Crippen molar-refractivity contribution in [3.8, 4) is 0 Å². The molecule has 4 nitrogen and oxygen atoms in total. The van der Waals surface area contributed by atoms with E-state index in [2.05, 4.69) is 36.0 Å². The van der Waals surface area contributed by atoms with Gasteiger partial charge in [0.25, 0.3) is 0 Å². The van der Waals surface area contributed by atoms with Crippen LogP contribution < -0.4 is 5.32 Å². The molecule has 1 N–H and O–H groups in total. The number of carbonyl (C=O) groups excluding carboxylic acids is 1. The number of hydrogen-bond acceptors (Lipinski definition) is 3. The lowest BCUT2D eigenvalue weighted by molar-refractivity contribution is -0.140. The highest BCUT2D eigenvalue weighted by Crippen LogP contribution is 2.28. The van der Waals surface area contributed by atoms with Crippen molar-refractivity contribution < 1.29 is 4.79 Å². The Morgan fingerprint density at radius 2 is 2.22 bits per heavy atom. The summed E-state index contributed by atoms with van der Waals surface area (Å²) in [5.41, 5.74) is -0.246. The van der Waals surface area contributed by atoms with Gasteiger partial charge in [0.05, 0.1) is 5.54 Å². The minimum Gasteiger partial charge on any atom is -0.338 e. The highest BCUT2D eigenvalue weighted by atomic mass is 16.2. The van der Waals surface area contributed by atoms with Crippen molar-refractivity contribution in [1.29, 1.82) is 0 Å². The van der Waals surface area contributed by atoms with Crippen LogP contribution in [0.4, 0.5) is 0 Å². The lowest BCUT2D eigenvalue weighted by atomic mass is 9.89. The van der Waals surface area contributed by atoms with Crippen molar-refractivity contribution in [1.82, 2.24) is 15.1 Å². The van der Waals surface area contributed by atoms with Crippen LogP contribution in [0.15, 0.2) is 0 Å². The second-order valence-electron chi connectivity index (χ2n) is 5.94. The van der Waals surface area contributed by atoms with E-state index in [1.165, 1.54) is 0 Å². The maximum absolute atomic E-state index is 12.8. The highest BCUT2D eigenvalue weighted by molar-refractivity contribution is 5.87. The summed E-state index contributed by atoms with van der Waals surface area (Å²) in [6, 6.07) is 0.475. The summed E-state index contributed by atoms with van der Waals surface area (Å²) in [6.07, 6.45) is 4.20. The molecule has 0 aromatic carbocycles. The molecule has 2 unspecified atom stereocenters. The number of likely N-dealkylation sites (N-methyl/N-ethyl adjacent to an activating group) is 1. The minimum atomic E-state index is -0.246. The molecular weight excluding hydrogens is 226 g/mol. The van der Waals surface area contributed by atoms with Crippen molar-refractivity contribution in [2.45, 2.75) is 51.1 Å². The van der Waals surface area contributed by atoms with Crippen LogP contribution in [0.1, 0.15) is 39.5 Å². The number of rotatable bonds is 3. The van der Waals surface area contributed by atoms with E-state index in [4.69, 9.17) is 0 Å². The lowest BCUT2D eigenvalue weighted by Crippen LogP contribution is -2.60. The van der Waals surface area contributed by atoms with Gasteiger partial charge < -0.3 is 15.1 Å². The molecule has 18 heavy (non-hydrogen) atoms. The van der Waals surface area contributed by atoms with E-state index in [-0.39, 0.29) is 5.54 Å². The van der Waals surface area contributed by atoms with Gasteiger partial charge in [0.1, 0.15) is 0 Å². The predicted octanol–water partition coefficient (Wildman–Crippen LogP) is 1.07. The molecule has 2 aliphatic heterocycles. The zero-order chi connectivity index (χ0) is 13.2. The van der Waals surface area contributed by atoms with Crippen molar-refractivity contribution >= 4 is 5.91 Å². The van der Waals surface area contributed by atoms with Gasteiger partial charge in [-0.2, -0.15) is 0 Å². The fourth-order valence-electron chi connectivity index (χ4n) is 3.27. The molecule has 0 radical (unpaired) electrons. The summed E-state index contributed by atoms with van der Waals surface area (Å²) in [7, 11) is 2.14. The average molecular weight is 253 g/mol. The Morgan fingerprint density at radius 3 is 2.78 bits per heavy atom. The first-order valence-electron chi connectivity index (χ1n) is 7.34.